The van der Waals surface area contributed by atoms with E-state index in [0.29, 0.717) is 5.69 Å². The van der Waals surface area contributed by atoms with Crippen LogP contribution in [0, 0.1) is 6.92 Å². The van der Waals surface area contributed by atoms with Crippen LogP contribution in [0.2, 0.25) is 0 Å². The Morgan fingerprint density at radius 1 is 1.21 bits per heavy atom. The van der Waals surface area contributed by atoms with Gasteiger partial charge in [0.05, 0.1) is 12.2 Å². The van der Waals surface area contributed by atoms with Gasteiger partial charge in [-0.1, -0.05) is 16.9 Å². The van der Waals surface area contributed by atoms with Crippen LogP contribution in [0.25, 0.3) is 11.3 Å². The molecule has 1 N–H and O–H groups in total. The second-order valence-corrected chi connectivity index (χ2v) is 7.37. The summed E-state index contributed by atoms with van der Waals surface area (Å²) >= 11 is 0. The molecule has 6 nitrogen and oxygen atoms in total. The highest BCUT2D eigenvalue weighted by Gasteiger charge is 2.16. The van der Waals surface area contributed by atoms with Gasteiger partial charge in [-0.25, -0.2) is 23.4 Å². The molecule has 0 amide bonds. The molecule has 2 heterocycles. The van der Waals surface area contributed by atoms with Gasteiger partial charge in [-0.15, -0.1) is 5.10 Å². The third kappa shape index (κ3) is 4.47. The monoisotopic (exact) mass is 396 g/mol. The molecule has 1 aliphatic rings. The first kappa shape index (κ1) is 19.2. The fraction of sp³-hybridized carbons (Fsp3) is 0.333. The lowest BCUT2D eigenvalue weighted by atomic mass is 9.97. The molecule has 0 saturated heterocycles. The fourth-order valence-electron chi connectivity index (χ4n) is 3.55. The van der Waals surface area contributed by atoms with Crippen molar-refractivity contribution in [3.63, 3.8) is 0 Å². The van der Waals surface area contributed by atoms with Crippen molar-refractivity contribution < 1.29 is 8.78 Å². The quantitative estimate of drug-likeness (QED) is 0.585. The maximum atomic E-state index is 12.9. The molecule has 0 bridgehead atoms. The zero-order valence-corrected chi connectivity index (χ0v) is 16.3. The highest BCUT2D eigenvalue weighted by molar-refractivity contribution is 5.68. The van der Waals surface area contributed by atoms with Crippen LogP contribution in [-0.2, 0) is 0 Å². The van der Waals surface area contributed by atoms with E-state index >= 15 is 0 Å². The summed E-state index contributed by atoms with van der Waals surface area (Å²) in [7, 11) is 0. The average Bonchev–Trinajstić information content (AvgIpc) is 3.18. The Morgan fingerprint density at radius 2 is 2.07 bits per heavy atom. The molecule has 1 aromatic carbocycles. The Labute approximate surface area is 167 Å². The normalized spacial score (nSPS) is 16.7. The molecule has 8 heteroatoms. The van der Waals surface area contributed by atoms with Crippen LogP contribution in [0.4, 0.5) is 20.4 Å². The second kappa shape index (κ2) is 8.06. The van der Waals surface area contributed by atoms with E-state index in [4.69, 9.17) is 0 Å². The lowest BCUT2D eigenvalue weighted by molar-refractivity contribution is 0.146. The Balaban J connectivity index is 1.59. The number of halogens is 2. The first-order valence-electron chi connectivity index (χ1n) is 9.57. The van der Waals surface area contributed by atoms with Crippen LogP contribution in [0.15, 0.2) is 48.3 Å². The summed E-state index contributed by atoms with van der Waals surface area (Å²) in [5.41, 5.74) is 4.42. The summed E-state index contributed by atoms with van der Waals surface area (Å²) in [6.45, 7) is 4.11. The number of hydrogen-bond donors (Lipinski definition) is 1. The summed E-state index contributed by atoms with van der Waals surface area (Å²) in [6, 6.07) is 7.24. The van der Waals surface area contributed by atoms with Crippen LogP contribution in [0.3, 0.4) is 0 Å². The second-order valence-electron chi connectivity index (χ2n) is 7.37. The minimum absolute atomic E-state index is 0.130. The van der Waals surface area contributed by atoms with Crippen LogP contribution in [0.1, 0.15) is 49.9 Å². The minimum Gasteiger partial charge on any atom is -0.324 e. The molecule has 0 fully saturated rings. The van der Waals surface area contributed by atoms with Gasteiger partial charge in [0.25, 0.3) is 6.43 Å². The fourth-order valence-corrected chi connectivity index (χ4v) is 3.55. The number of nitrogens with zero attached hydrogens (tertiary/aromatic N) is 5. The van der Waals surface area contributed by atoms with Crippen molar-refractivity contribution in [3.05, 3.63) is 59.6 Å². The van der Waals surface area contributed by atoms with Crippen molar-refractivity contribution in [2.75, 3.05) is 5.32 Å². The van der Waals surface area contributed by atoms with Crippen molar-refractivity contribution in [2.45, 2.75) is 45.6 Å². The highest BCUT2D eigenvalue weighted by atomic mass is 19.3. The van der Waals surface area contributed by atoms with E-state index in [9.17, 15) is 8.78 Å². The SMILES string of the molecule is CC1=CC(n2cc(-c3cc(C)cc(Nc4nccc(C(F)F)n4)c3)nn2)CCC1. The molecular weight excluding hydrogens is 374 g/mol. The first-order chi connectivity index (χ1) is 14.0. The summed E-state index contributed by atoms with van der Waals surface area (Å²) in [5, 5.41) is 11.7. The number of hydrogen-bond acceptors (Lipinski definition) is 5. The molecule has 0 spiro atoms. The Kier molecular flexibility index (Phi) is 5.33. The molecule has 3 aromatic rings. The number of rotatable bonds is 5. The number of alkyl halides is 2. The number of aryl methyl sites for hydroxylation is 1. The van der Waals surface area contributed by atoms with Gasteiger partial charge in [0.2, 0.25) is 5.95 Å². The molecule has 1 atom stereocenters. The van der Waals surface area contributed by atoms with E-state index in [2.05, 4.69) is 38.6 Å². The average molecular weight is 396 g/mol. The summed E-state index contributed by atoms with van der Waals surface area (Å²) in [5.74, 6) is 0.130. The van der Waals surface area contributed by atoms with Crippen molar-refractivity contribution in [1.82, 2.24) is 25.0 Å². The van der Waals surface area contributed by atoms with E-state index in [0.717, 1.165) is 36.1 Å². The molecule has 2 aromatic heterocycles. The number of aromatic nitrogens is 5. The van der Waals surface area contributed by atoms with E-state index in [1.54, 1.807) is 0 Å². The van der Waals surface area contributed by atoms with Crippen LogP contribution in [-0.4, -0.2) is 25.0 Å². The smallest absolute Gasteiger partial charge is 0.280 e. The van der Waals surface area contributed by atoms with Crippen LogP contribution in [0.5, 0.6) is 0 Å². The molecular formula is C21H22F2N6. The number of anilines is 2. The zero-order valence-electron chi connectivity index (χ0n) is 16.3. The number of allylic oxidation sites excluding steroid dienone is 2. The maximum Gasteiger partial charge on any atom is 0.280 e. The molecule has 1 aliphatic carbocycles. The molecule has 0 aliphatic heterocycles. The third-order valence-electron chi connectivity index (χ3n) is 4.93. The van der Waals surface area contributed by atoms with Gasteiger partial charge in [0, 0.05) is 17.4 Å². The van der Waals surface area contributed by atoms with Gasteiger partial charge in [-0.3, -0.25) is 0 Å². The van der Waals surface area contributed by atoms with Gasteiger partial charge in [0.1, 0.15) is 11.4 Å². The van der Waals surface area contributed by atoms with Crippen molar-refractivity contribution in [2.24, 2.45) is 0 Å². The van der Waals surface area contributed by atoms with Crippen molar-refractivity contribution >= 4 is 11.6 Å². The molecule has 29 heavy (non-hydrogen) atoms. The van der Waals surface area contributed by atoms with Crippen LogP contribution < -0.4 is 5.32 Å². The van der Waals surface area contributed by atoms with Gasteiger partial charge in [-0.2, -0.15) is 0 Å². The standard InChI is InChI=1S/C21H22F2N6/c1-13-4-3-5-17(10-13)29-12-19(27-28-29)15-8-14(2)9-16(11-15)25-21-24-7-6-18(26-21)20(22)23/h6-12,17,20H,3-5H2,1-2H3,(H,24,25,26). The van der Waals surface area contributed by atoms with Crippen molar-refractivity contribution in [3.8, 4) is 11.3 Å². The summed E-state index contributed by atoms with van der Waals surface area (Å²) in [4.78, 5) is 7.89. The minimum atomic E-state index is -2.64. The lowest BCUT2D eigenvalue weighted by Crippen LogP contribution is -2.11. The first-order valence-corrected chi connectivity index (χ1v) is 9.57. The maximum absolute atomic E-state index is 12.9. The number of benzene rings is 1. The molecule has 150 valence electrons. The summed E-state index contributed by atoms with van der Waals surface area (Å²) in [6.07, 6.45) is 6.22. The molecule has 4 rings (SSSR count). The summed E-state index contributed by atoms with van der Waals surface area (Å²) < 4.78 is 27.7. The van der Waals surface area contributed by atoms with E-state index in [1.165, 1.54) is 17.8 Å². The van der Waals surface area contributed by atoms with E-state index in [1.807, 2.05) is 36.0 Å². The van der Waals surface area contributed by atoms with Crippen LogP contribution >= 0.6 is 0 Å². The Hall–Kier alpha value is -3.16. The molecule has 1 unspecified atom stereocenters. The zero-order chi connectivity index (χ0) is 20.4. The van der Waals surface area contributed by atoms with E-state index in [-0.39, 0.29) is 17.7 Å². The predicted octanol–water partition coefficient (Wildman–Crippen LogP) is 5.40. The third-order valence-corrected chi connectivity index (χ3v) is 4.93. The molecule has 0 radical (unpaired) electrons. The highest BCUT2D eigenvalue weighted by Crippen LogP contribution is 2.29. The van der Waals surface area contributed by atoms with E-state index < -0.39 is 6.43 Å². The lowest BCUT2D eigenvalue weighted by Gasteiger charge is -2.18. The topological polar surface area (TPSA) is 68.5 Å². The largest absolute Gasteiger partial charge is 0.324 e. The van der Waals surface area contributed by atoms with Gasteiger partial charge < -0.3 is 5.32 Å². The Morgan fingerprint density at radius 3 is 2.86 bits per heavy atom. The van der Waals surface area contributed by atoms with Gasteiger partial charge in [-0.05, 0) is 62.9 Å². The van der Waals surface area contributed by atoms with Crippen molar-refractivity contribution in [1.29, 1.82) is 0 Å². The Bertz CT molecular complexity index is 1040. The van der Waals surface area contributed by atoms with Gasteiger partial charge >= 0.3 is 0 Å². The molecule has 0 saturated carbocycles. The predicted molar refractivity (Wildman–Crippen MR) is 107 cm³/mol. The number of nitrogens with one attached hydrogen (secondary N) is 1. The van der Waals surface area contributed by atoms with Gasteiger partial charge in [0.15, 0.2) is 0 Å².